The summed E-state index contributed by atoms with van der Waals surface area (Å²) in [5.74, 6) is 0.431. The van der Waals surface area contributed by atoms with E-state index in [0.717, 1.165) is 33.8 Å². The van der Waals surface area contributed by atoms with E-state index in [9.17, 15) is 4.79 Å². The number of aryl methyl sites for hydroxylation is 4. The van der Waals surface area contributed by atoms with Crippen LogP contribution in [0.15, 0.2) is 59.4 Å². The van der Waals surface area contributed by atoms with Gasteiger partial charge >= 0.3 is 0 Å². The Labute approximate surface area is 175 Å². The van der Waals surface area contributed by atoms with E-state index in [1.807, 2.05) is 57.3 Å². The molecule has 0 bridgehead atoms. The molecule has 0 spiro atoms. The normalized spacial score (nSPS) is 10.9. The van der Waals surface area contributed by atoms with Crippen molar-refractivity contribution in [1.29, 1.82) is 0 Å². The van der Waals surface area contributed by atoms with E-state index in [0.29, 0.717) is 30.0 Å². The average molecular weight is 398 g/mol. The molecule has 4 aromatic rings. The Kier molecular flexibility index (Phi) is 5.48. The minimum atomic E-state index is -0.0656. The Balaban J connectivity index is 1.44. The van der Waals surface area contributed by atoms with Gasteiger partial charge in [0.1, 0.15) is 11.4 Å². The maximum Gasteiger partial charge on any atom is 0.185 e. The zero-order valence-corrected chi connectivity index (χ0v) is 17.2. The molecule has 0 amide bonds. The first-order valence-electron chi connectivity index (χ1n) is 9.82. The maximum atomic E-state index is 12.6. The molecule has 4 heterocycles. The van der Waals surface area contributed by atoms with Crippen molar-refractivity contribution in [1.82, 2.24) is 20.1 Å². The van der Waals surface area contributed by atoms with Crippen molar-refractivity contribution in [2.45, 2.75) is 33.6 Å². The lowest BCUT2D eigenvalue weighted by molar-refractivity contribution is 0.0974. The van der Waals surface area contributed by atoms with E-state index in [4.69, 9.17) is 4.52 Å². The second kappa shape index (κ2) is 8.37. The molecule has 0 atom stereocenters. The van der Waals surface area contributed by atoms with Crippen LogP contribution in [-0.2, 0) is 6.42 Å². The van der Waals surface area contributed by atoms with Gasteiger partial charge < -0.3 is 4.52 Å². The first kappa shape index (κ1) is 19.6. The lowest BCUT2D eigenvalue weighted by Crippen LogP contribution is -2.02. The zero-order chi connectivity index (χ0) is 21.1. The number of hydrogen-bond donors (Lipinski definition) is 0. The Morgan fingerprint density at radius 3 is 2.63 bits per heavy atom. The molecule has 4 aromatic heterocycles. The molecule has 0 aromatic carbocycles. The van der Waals surface area contributed by atoms with Gasteiger partial charge in [-0.3, -0.25) is 14.8 Å². The third kappa shape index (κ3) is 4.33. The predicted octanol–water partition coefficient (Wildman–Crippen LogP) is 4.93. The van der Waals surface area contributed by atoms with Crippen LogP contribution in [0.4, 0.5) is 0 Å². The molecule has 150 valence electrons. The second-order valence-electron chi connectivity index (χ2n) is 7.36. The minimum Gasteiger partial charge on any atom is -0.354 e. The topological polar surface area (TPSA) is 81.8 Å². The third-order valence-corrected chi connectivity index (χ3v) is 4.88. The van der Waals surface area contributed by atoms with Gasteiger partial charge in [-0.1, -0.05) is 17.3 Å². The number of Topliss-reactive ketones (excluding diaryl/α,β-unsaturated/α-hetero) is 1. The molecule has 6 heteroatoms. The minimum absolute atomic E-state index is 0.0656. The zero-order valence-electron chi connectivity index (χ0n) is 17.2. The summed E-state index contributed by atoms with van der Waals surface area (Å²) in [5.41, 5.74) is 6.88. The van der Waals surface area contributed by atoms with Crippen LogP contribution >= 0.6 is 0 Å². The maximum absolute atomic E-state index is 12.6. The summed E-state index contributed by atoms with van der Waals surface area (Å²) in [6.07, 6.45) is 4.54. The number of carbonyl (C=O) groups excluding carboxylic acids is 1. The Bertz CT molecular complexity index is 1210. The lowest BCUT2D eigenvalue weighted by atomic mass is 10.0. The quantitative estimate of drug-likeness (QED) is 0.428. The fourth-order valence-corrected chi connectivity index (χ4v) is 3.36. The summed E-state index contributed by atoms with van der Waals surface area (Å²) in [6.45, 7) is 5.90. The summed E-state index contributed by atoms with van der Waals surface area (Å²) in [6, 6.07) is 13.3. The average Bonchev–Trinajstić information content (AvgIpc) is 3.22. The number of carbonyl (C=O) groups is 1. The van der Waals surface area contributed by atoms with Crippen molar-refractivity contribution in [3.05, 3.63) is 83.1 Å². The second-order valence-corrected chi connectivity index (χ2v) is 7.36. The molecule has 4 rings (SSSR count). The Morgan fingerprint density at radius 1 is 1.00 bits per heavy atom. The fourth-order valence-electron chi connectivity index (χ4n) is 3.36. The highest BCUT2D eigenvalue weighted by molar-refractivity contribution is 5.95. The standard InChI is InChI=1S/C24H22N4O2/c1-15-11-18(14-26-24(15)19-9-10-25-17(3)12-19)7-8-22(29)21-13-23(30-28-21)20-6-4-5-16(2)27-20/h4-6,9-14H,7-8H2,1-3H3. The highest BCUT2D eigenvalue weighted by Gasteiger charge is 2.15. The summed E-state index contributed by atoms with van der Waals surface area (Å²) >= 11 is 0. The van der Waals surface area contributed by atoms with E-state index >= 15 is 0 Å². The largest absolute Gasteiger partial charge is 0.354 e. The van der Waals surface area contributed by atoms with Crippen molar-refractivity contribution >= 4 is 5.78 Å². The highest BCUT2D eigenvalue weighted by Crippen LogP contribution is 2.23. The van der Waals surface area contributed by atoms with Gasteiger partial charge in [0.05, 0.1) is 5.69 Å². The van der Waals surface area contributed by atoms with Gasteiger partial charge in [0.15, 0.2) is 11.5 Å². The van der Waals surface area contributed by atoms with E-state index in [1.165, 1.54) is 0 Å². The van der Waals surface area contributed by atoms with Gasteiger partial charge in [0.25, 0.3) is 0 Å². The Morgan fingerprint density at radius 2 is 1.87 bits per heavy atom. The smallest absolute Gasteiger partial charge is 0.185 e. The first-order valence-corrected chi connectivity index (χ1v) is 9.82. The van der Waals surface area contributed by atoms with Crippen LogP contribution in [0.5, 0.6) is 0 Å². The molecule has 0 aliphatic heterocycles. The van der Waals surface area contributed by atoms with Crippen molar-refractivity contribution in [3.63, 3.8) is 0 Å². The van der Waals surface area contributed by atoms with Gasteiger partial charge in [-0.15, -0.1) is 0 Å². The molecule has 0 saturated carbocycles. The molecule has 0 saturated heterocycles. The molecule has 0 unspecified atom stereocenters. The summed E-state index contributed by atoms with van der Waals surface area (Å²) in [5, 5.41) is 3.93. The van der Waals surface area contributed by atoms with Gasteiger partial charge in [0, 0.05) is 41.8 Å². The number of ketones is 1. The Hall–Kier alpha value is -3.67. The number of rotatable bonds is 6. The van der Waals surface area contributed by atoms with Crippen molar-refractivity contribution in [2.75, 3.05) is 0 Å². The SMILES string of the molecule is Cc1cc(-c2ncc(CCC(=O)c3cc(-c4cccc(C)n4)on3)cc2C)ccn1. The predicted molar refractivity (Wildman–Crippen MR) is 114 cm³/mol. The van der Waals surface area contributed by atoms with Crippen molar-refractivity contribution < 1.29 is 9.32 Å². The molecular formula is C24H22N4O2. The summed E-state index contributed by atoms with van der Waals surface area (Å²) < 4.78 is 5.32. The van der Waals surface area contributed by atoms with E-state index in [1.54, 1.807) is 12.3 Å². The third-order valence-electron chi connectivity index (χ3n) is 4.88. The number of nitrogens with zero attached hydrogens (tertiary/aromatic N) is 4. The van der Waals surface area contributed by atoms with Crippen LogP contribution < -0.4 is 0 Å². The van der Waals surface area contributed by atoms with Crippen LogP contribution in [0.3, 0.4) is 0 Å². The number of hydrogen-bond acceptors (Lipinski definition) is 6. The monoisotopic (exact) mass is 398 g/mol. The van der Waals surface area contributed by atoms with Crippen LogP contribution in [0, 0.1) is 20.8 Å². The summed E-state index contributed by atoms with van der Waals surface area (Å²) in [4.78, 5) is 25.8. The van der Waals surface area contributed by atoms with Crippen LogP contribution in [0.1, 0.15) is 39.4 Å². The van der Waals surface area contributed by atoms with Crippen molar-refractivity contribution in [2.24, 2.45) is 0 Å². The number of aromatic nitrogens is 4. The molecule has 30 heavy (non-hydrogen) atoms. The van der Waals surface area contributed by atoms with E-state index in [2.05, 4.69) is 26.2 Å². The molecule has 0 aliphatic rings. The molecule has 0 radical (unpaired) electrons. The molecular weight excluding hydrogens is 376 g/mol. The number of pyridine rings is 3. The summed E-state index contributed by atoms with van der Waals surface area (Å²) in [7, 11) is 0. The van der Waals surface area contributed by atoms with Gasteiger partial charge in [-0.25, -0.2) is 4.98 Å². The fraction of sp³-hybridized carbons (Fsp3) is 0.208. The van der Waals surface area contributed by atoms with Gasteiger partial charge in [-0.05, 0) is 62.6 Å². The molecule has 0 fully saturated rings. The van der Waals surface area contributed by atoms with Crippen LogP contribution in [0.25, 0.3) is 22.7 Å². The molecule has 6 nitrogen and oxygen atoms in total. The van der Waals surface area contributed by atoms with Crippen LogP contribution in [0.2, 0.25) is 0 Å². The van der Waals surface area contributed by atoms with E-state index < -0.39 is 0 Å². The van der Waals surface area contributed by atoms with E-state index in [-0.39, 0.29) is 5.78 Å². The highest BCUT2D eigenvalue weighted by atomic mass is 16.5. The first-order chi connectivity index (χ1) is 14.5. The molecule has 0 N–H and O–H groups in total. The molecule has 0 aliphatic carbocycles. The lowest BCUT2D eigenvalue weighted by Gasteiger charge is -2.08. The van der Waals surface area contributed by atoms with Crippen LogP contribution in [-0.4, -0.2) is 25.9 Å². The van der Waals surface area contributed by atoms with Crippen molar-refractivity contribution in [3.8, 4) is 22.7 Å². The van der Waals surface area contributed by atoms with Gasteiger partial charge in [-0.2, -0.15) is 0 Å². The van der Waals surface area contributed by atoms with Gasteiger partial charge in [0.2, 0.25) is 0 Å².